The van der Waals surface area contributed by atoms with Crippen molar-refractivity contribution in [2.75, 3.05) is 4.90 Å². The summed E-state index contributed by atoms with van der Waals surface area (Å²) in [7, 11) is 0. The monoisotopic (exact) mass is 834 g/mol. The van der Waals surface area contributed by atoms with E-state index in [9.17, 15) is 0 Å². The molecule has 2 heterocycles. The highest BCUT2D eigenvalue weighted by Crippen LogP contribution is 2.44. The maximum absolute atomic E-state index is 2.49. The summed E-state index contributed by atoms with van der Waals surface area (Å²) >= 11 is 1.87. The van der Waals surface area contributed by atoms with Crippen molar-refractivity contribution in [2.45, 2.75) is 6.54 Å². The van der Waals surface area contributed by atoms with Crippen LogP contribution in [-0.4, -0.2) is 4.57 Å². The van der Waals surface area contributed by atoms with Crippen molar-refractivity contribution < 1.29 is 0 Å². The average molecular weight is 835 g/mol. The van der Waals surface area contributed by atoms with E-state index in [2.05, 4.69) is 252 Å². The third kappa shape index (κ3) is 6.66. The van der Waals surface area contributed by atoms with Gasteiger partial charge in [-0.15, -0.1) is 11.3 Å². The van der Waals surface area contributed by atoms with Gasteiger partial charge in [0, 0.05) is 48.9 Å². The number of fused-ring (bicyclic) bond motifs is 6. The van der Waals surface area contributed by atoms with E-state index < -0.39 is 0 Å². The largest absolute Gasteiger partial charge is 0.337 e. The molecular weight excluding hydrogens is 793 g/mol. The van der Waals surface area contributed by atoms with Gasteiger partial charge in [-0.05, 0) is 111 Å². The van der Waals surface area contributed by atoms with Crippen LogP contribution in [0.1, 0.15) is 5.56 Å². The van der Waals surface area contributed by atoms with Crippen molar-refractivity contribution >= 4 is 64.7 Å². The van der Waals surface area contributed by atoms with Crippen LogP contribution in [0.25, 0.3) is 92.2 Å². The van der Waals surface area contributed by atoms with Gasteiger partial charge in [-0.25, -0.2) is 0 Å². The first-order valence-electron chi connectivity index (χ1n) is 22.0. The van der Waals surface area contributed by atoms with E-state index in [1.54, 1.807) is 0 Å². The predicted octanol–water partition coefficient (Wildman–Crippen LogP) is 17.2. The van der Waals surface area contributed by atoms with Crippen LogP contribution in [0.4, 0.5) is 11.4 Å². The quantitative estimate of drug-likeness (QED) is 0.141. The van der Waals surface area contributed by atoms with E-state index in [0.717, 1.165) is 11.4 Å². The molecule has 0 aliphatic rings. The highest BCUT2D eigenvalue weighted by Gasteiger charge is 2.20. The minimum atomic E-state index is 0.710. The molecule has 3 heteroatoms. The van der Waals surface area contributed by atoms with Crippen molar-refractivity contribution in [3.63, 3.8) is 0 Å². The zero-order chi connectivity index (χ0) is 42.4. The molecule has 0 spiro atoms. The predicted molar refractivity (Wildman–Crippen MR) is 274 cm³/mol. The summed E-state index contributed by atoms with van der Waals surface area (Å²) in [5.41, 5.74) is 16.9. The van der Waals surface area contributed by atoms with E-state index in [0.29, 0.717) is 6.54 Å². The standard InChI is InChI=1S/C61H42N2S/c1-3-16-42(17-4-1)43-32-34-44(35-33-43)45-36-38-50(39-37-45)62(49-21-5-2-6-22-49)41-48-18-7-8-23-51(48)46-19-13-20-47(40-46)52-26-14-28-56-60(52)53-24-9-11-27-55(53)63(56)57-29-15-31-59-61(57)54-25-10-12-30-58(54)64-59/h1-40H,41H2. The average Bonchev–Trinajstić information content (AvgIpc) is 3.93. The molecule has 302 valence electrons. The first-order valence-corrected chi connectivity index (χ1v) is 22.8. The number of nitrogens with zero attached hydrogens (tertiary/aromatic N) is 2. The number of aromatic nitrogens is 1. The molecule has 0 fully saturated rings. The molecule has 10 aromatic carbocycles. The lowest BCUT2D eigenvalue weighted by molar-refractivity contribution is 0.977. The van der Waals surface area contributed by atoms with Crippen molar-refractivity contribution in [1.82, 2.24) is 4.57 Å². The lowest BCUT2D eigenvalue weighted by Gasteiger charge is -2.27. The molecule has 0 aliphatic heterocycles. The maximum Gasteiger partial charge on any atom is 0.0555 e. The number of hydrogen-bond donors (Lipinski definition) is 0. The Morgan fingerprint density at radius 2 is 0.859 bits per heavy atom. The van der Waals surface area contributed by atoms with E-state index in [1.807, 2.05) is 11.3 Å². The molecule has 2 aromatic heterocycles. The van der Waals surface area contributed by atoms with Crippen LogP contribution in [0.2, 0.25) is 0 Å². The number of anilines is 2. The Morgan fingerprint density at radius 1 is 0.344 bits per heavy atom. The number of benzene rings is 10. The van der Waals surface area contributed by atoms with Crippen LogP contribution < -0.4 is 4.90 Å². The van der Waals surface area contributed by atoms with E-state index in [1.165, 1.54) is 97.7 Å². The Labute approximate surface area is 377 Å². The molecule has 0 radical (unpaired) electrons. The number of hydrogen-bond acceptors (Lipinski definition) is 2. The minimum Gasteiger partial charge on any atom is -0.337 e. The van der Waals surface area contributed by atoms with Gasteiger partial charge in [-0.3, -0.25) is 0 Å². The summed E-state index contributed by atoms with van der Waals surface area (Å²) in [6.07, 6.45) is 0. The molecule has 0 aliphatic carbocycles. The van der Waals surface area contributed by atoms with Gasteiger partial charge in [0.15, 0.2) is 0 Å². The summed E-state index contributed by atoms with van der Waals surface area (Å²) in [5.74, 6) is 0. The summed E-state index contributed by atoms with van der Waals surface area (Å²) in [6, 6.07) is 88.5. The highest BCUT2D eigenvalue weighted by atomic mass is 32.1. The highest BCUT2D eigenvalue weighted by molar-refractivity contribution is 7.25. The van der Waals surface area contributed by atoms with Gasteiger partial charge < -0.3 is 9.47 Å². The normalized spacial score (nSPS) is 11.5. The van der Waals surface area contributed by atoms with Crippen molar-refractivity contribution in [3.05, 3.63) is 248 Å². The topological polar surface area (TPSA) is 8.17 Å². The van der Waals surface area contributed by atoms with Crippen molar-refractivity contribution in [2.24, 2.45) is 0 Å². The van der Waals surface area contributed by atoms with Crippen molar-refractivity contribution in [1.29, 1.82) is 0 Å². The van der Waals surface area contributed by atoms with Crippen LogP contribution in [-0.2, 0) is 6.54 Å². The SMILES string of the molecule is c1ccc(-c2ccc(-c3ccc(N(Cc4ccccc4-c4cccc(-c5cccc6c5c5ccccc5n6-c5cccc6sc7ccccc7c56)c4)c4ccccc4)cc3)cc2)cc1. The lowest BCUT2D eigenvalue weighted by Crippen LogP contribution is -2.17. The second-order valence-electron chi connectivity index (χ2n) is 16.5. The second-order valence-corrected chi connectivity index (χ2v) is 17.5. The number of rotatable bonds is 9. The third-order valence-corrected chi connectivity index (χ3v) is 13.9. The number of para-hydroxylation sites is 2. The van der Waals surface area contributed by atoms with E-state index in [4.69, 9.17) is 0 Å². The van der Waals surface area contributed by atoms with Crippen molar-refractivity contribution in [3.8, 4) is 50.2 Å². The molecule has 12 aromatic rings. The molecular formula is C61H42N2S. The molecule has 0 bridgehead atoms. The minimum absolute atomic E-state index is 0.710. The summed E-state index contributed by atoms with van der Waals surface area (Å²) in [4.78, 5) is 2.43. The van der Waals surface area contributed by atoms with Gasteiger partial charge in [0.2, 0.25) is 0 Å². The Morgan fingerprint density at radius 3 is 1.64 bits per heavy atom. The van der Waals surface area contributed by atoms with Crippen LogP contribution in [0.15, 0.2) is 243 Å². The summed E-state index contributed by atoms with van der Waals surface area (Å²) < 4.78 is 5.11. The first-order chi connectivity index (χ1) is 31.7. The van der Waals surface area contributed by atoms with E-state index in [-0.39, 0.29) is 0 Å². The van der Waals surface area contributed by atoms with Gasteiger partial charge in [-0.1, -0.05) is 182 Å². The molecule has 0 N–H and O–H groups in total. The number of thiophene rings is 1. The second kappa shape index (κ2) is 16.0. The Bertz CT molecular complexity index is 3620. The van der Waals surface area contributed by atoms with Crippen LogP contribution >= 0.6 is 11.3 Å². The smallest absolute Gasteiger partial charge is 0.0555 e. The Balaban J connectivity index is 0.918. The van der Waals surface area contributed by atoms with E-state index >= 15 is 0 Å². The third-order valence-electron chi connectivity index (χ3n) is 12.7. The van der Waals surface area contributed by atoms with Crippen LogP contribution in [0, 0.1) is 0 Å². The lowest BCUT2D eigenvalue weighted by atomic mass is 9.93. The molecule has 0 unspecified atom stereocenters. The van der Waals surface area contributed by atoms with Crippen LogP contribution in [0.3, 0.4) is 0 Å². The summed E-state index contributed by atoms with van der Waals surface area (Å²) in [6.45, 7) is 0.710. The van der Waals surface area contributed by atoms with Gasteiger partial charge in [0.05, 0.1) is 16.7 Å². The zero-order valence-corrected chi connectivity index (χ0v) is 35.9. The Kier molecular flexibility index (Phi) is 9.47. The maximum atomic E-state index is 2.49. The van der Waals surface area contributed by atoms with Gasteiger partial charge in [0.25, 0.3) is 0 Å². The molecule has 2 nitrogen and oxygen atoms in total. The van der Waals surface area contributed by atoms with Crippen LogP contribution in [0.5, 0.6) is 0 Å². The zero-order valence-electron chi connectivity index (χ0n) is 35.1. The fourth-order valence-corrected chi connectivity index (χ4v) is 10.8. The fourth-order valence-electron chi connectivity index (χ4n) is 9.69. The Hall–Kier alpha value is -7.98. The van der Waals surface area contributed by atoms with Gasteiger partial charge >= 0.3 is 0 Å². The molecule has 0 amide bonds. The molecule has 0 saturated heterocycles. The van der Waals surface area contributed by atoms with Gasteiger partial charge in [0.1, 0.15) is 0 Å². The van der Waals surface area contributed by atoms with Gasteiger partial charge in [-0.2, -0.15) is 0 Å². The molecule has 0 atom stereocenters. The summed E-state index contributed by atoms with van der Waals surface area (Å²) in [5, 5.41) is 5.14. The molecule has 0 saturated carbocycles. The fraction of sp³-hybridized carbons (Fsp3) is 0.0164. The molecule has 64 heavy (non-hydrogen) atoms. The molecule has 12 rings (SSSR count). The first kappa shape index (κ1) is 37.8.